The molecule has 0 fully saturated rings. The maximum atomic E-state index is 9.56. The third-order valence-corrected chi connectivity index (χ3v) is 1.74. The first-order chi connectivity index (χ1) is 6.16. The highest BCUT2D eigenvalue weighted by Gasteiger charge is 1.81. The molecule has 0 aliphatic heterocycles. The molecule has 0 saturated carbocycles. The van der Waals surface area contributed by atoms with Crippen molar-refractivity contribution in [3.8, 4) is 0 Å². The minimum absolute atomic E-state index is 0.314. The topological polar surface area (TPSA) is 46.5 Å². The first-order valence-corrected chi connectivity index (χ1v) is 5.30. The van der Waals surface area contributed by atoms with Gasteiger partial charge >= 0.3 is 8.25 Å². The summed E-state index contributed by atoms with van der Waals surface area (Å²) >= 11 is 0. The summed E-state index contributed by atoms with van der Waals surface area (Å²) in [5.74, 6) is 0. The second-order valence-corrected chi connectivity index (χ2v) is 3.17. The Kier molecular flexibility index (Phi) is 7.60. The molecule has 1 atom stereocenters. The highest BCUT2D eigenvalue weighted by molar-refractivity contribution is 7.32. The zero-order valence-electron chi connectivity index (χ0n) is 7.86. The molecule has 1 N–H and O–H groups in total. The maximum absolute atomic E-state index is 9.56. The Morgan fingerprint density at radius 3 is 2.08 bits per heavy atom. The van der Waals surface area contributed by atoms with Gasteiger partial charge in [0, 0.05) is 0 Å². The zero-order valence-corrected chi connectivity index (χ0v) is 8.86. The zero-order chi connectivity index (χ0) is 10.1. The van der Waals surface area contributed by atoms with Gasteiger partial charge in [0.2, 0.25) is 0 Å². The van der Waals surface area contributed by atoms with Crippen molar-refractivity contribution in [2.75, 3.05) is 6.61 Å². The number of aryl methyl sites for hydroxylation is 1. The third kappa shape index (κ3) is 9.28. The van der Waals surface area contributed by atoms with E-state index in [-0.39, 0.29) is 0 Å². The van der Waals surface area contributed by atoms with Gasteiger partial charge in [-0.2, -0.15) is 0 Å². The van der Waals surface area contributed by atoms with Crippen molar-refractivity contribution in [1.82, 2.24) is 0 Å². The smallest absolute Gasteiger partial charge is 0.316 e. The molecule has 0 heterocycles. The van der Waals surface area contributed by atoms with Crippen molar-refractivity contribution in [1.29, 1.82) is 0 Å². The van der Waals surface area contributed by atoms with Gasteiger partial charge in [-0.25, -0.2) is 0 Å². The van der Waals surface area contributed by atoms with E-state index >= 15 is 0 Å². The van der Waals surface area contributed by atoms with Crippen LogP contribution in [0.15, 0.2) is 30.3 Å². The fourth-order valence-corrected chi connectivity index (χ4v) is 0.905. The first-order valence-electron chi connectivity index (χ1n) is 4.04. The van der Waals surface area contributed by atoms with Crippen LogP contribution in [0.1, 0.15) is 12.5 Å². The van der Waals surface area contributed by atoms with Gasteiger partial charge < -0.3 is 9.42 Å². The van der Waals surface area contributed by atoms with E-state index in [1.807, 2.05) is 18.2 Å². The average molecular weight is 202 g/mol. The van der Waals surface area contributed by atoms with Crippen LogP contribution in [-0.2, 0) is 9.09 Å². The van der Waals surface area contributed by atoms with Crippen LogP contribution in [0, 0.1) is 6.92 Å². The van der Waals surface area contributed by atoms with Gasteiger partial charge in [-0.1, -0.05) is 35.9 Å². The lowest BCUT2D eigenvalue weighted by molar-refractivity contribution is 0.297. The lowest BCUT2D eigenvalue weighted by Gasteiger charge is -1.86. The minimum Gasteiger partial charge on any atom is -0.326 e. The number of rotatable bonds is 2. The normalized spacial score (nSPS) is 11.3. The molecule has 1 unspecified atom stereocenters. The average Bonchev–Trinajstić information content (AvgIpc) is 2.06. The van der Waals surface area contributed by atoms with Gasteiger partial charge in [-0.05, 0) is 13.8 Å². The molecule has 0 saturated heterocycles. The van der Waals surface area contributed by atoms with Crippen LogP contribution in [0.3, 0.4) is 0 Å². The highest BCUT2D eigenvalue weighted by atomic mass is 31.1. The van der Waals surface area contributed by atoms with E-state index in [0.717, 1.165) is 0 Å². The SMILES string of the molecule is CCO[PH](=O)O.Cc1ccccc1. The van der Waals surface area contributed by atoms with Crippen LogP contribution in [0.25, 0.3) is 0 Å². The molecule has 0 amide bonds. The van der Waals surface area contributed by atoms with E-state index in [1.165, 1.54) is 5.56 Å². The van der Waals surface area contributed by atoms with Crippen LogP contribution in [0.2, 0.25) is 0 Å². The quantitative estimate of drug-likeness (QED) is 0.749. The summed E-state index contributed by atoms with van der Waals surface area (Å²) in [5, 5.41) is 0. The van der Waals surface area contributed by atoms with E-state index in [1.54, 1.807) is 6.92 Å². The summed E-state index contributed by atoms with van der Waals surface area (Å²) in [6.45, 7) is 4.06. The molecule has 74 valence electrons. The summed E-state index contributed by atoms with van der Waals surface area (Å²) in [7, 11) is -2.64. The summed E-state index contributed by atoms with van der Waals surface area (Å²) < 4.78 is 13.7. The Morgan fingerprint density at radius 2 is 1.92 bits per heavy atom. The van der Waals surface area contributed by atoms with Crippen LogP contribution in [0.4, 0.5) is 0 Å². The standard InChI is InChI=1S/C7H8.C2H7O3P/c1-7-5-3-2-4-6-7;1-2-5-6(3)4/h2-6H,1H3;6H,2H2,1H3,(H,3,4). The predicted molar refractivity (Wildman–Crippen MR) is 54.0 cm³/mol. The lowest BCUT2D eigenvalue weighted by Crippen LogP contribution is -1.72. The van der Waals surface area contributed by atoms with E-state index in [4.69, 9.17) is 4.89 Å². The summed E-state index contributed by atoms with van der Waals surface area (Å²) in [6, 6.07) is 10.3. The largest absolute Gasteiger partial charge is 0.326 e. The van der Waals surface area contributed by atoms with E-state index < -0.39 is 8.25 Å². The monoisotopic (exact) mass is 202 g/mol. The van der Waals surface area contributed by atoms with Crippen molar-refractivity contribution in [2.45, 2.75) is 13.8 Å². The van der Waals surface area contributed by atoms with Gasteiger partial charge in [0.15, 0.2) is 0 Å². The molecule has 0 spiro atoms. The molecule has 4 heteroatoms. The van der Waals surface area contributed by atoms with Gasteiger partial charge in [0.25, 0.3) is 0 Å². The van der Waals surface area contributed by atoms with Gasteiger partial charge in [0.1, 0.15) is 0 Å². The van der Waals surface area contributed by atoms with E-state index in [2.05, 4.69) is 23.6 Å². The number of benzene rings is 1. The van der Waals surface area contributed by atoms with Crippen molar-refractivity contribution in [3.63, 3.8) is 0 Å². The lowest BCUT2D eigenvalue weighted by atomic mass is 10.2. The molecule has 0 radical (unpaired) electrons. The maximum Gasteiger partial charge on any atom is 0.316 e. The summed E-state index contributed by atoms with van der Waals surface area (Å²) in [4.78, 5) is 7.88. The molecule has 1 aromatic carbocycles. The molecule has 0 bridgehead atoms. The van der Waals surface area contributed by atoms with Crippen molar-refractivity contribution < 1.29 is 14.0 Å². The summed E-state index contributed by atoms with van der Waals surface area (Å²) in [5.41, 5.74) is 1.32. The molecule has 3 nitrogen and oxygen atoms in total. The van der Waals surface area contributed by atoms with Crippen LogP contribution < -0.4 is 0 Å². The van der Waals surface area contributed by atoms with Gasteiger partial charge in [-0.15, -0.1) is 0 Å². The minimum atomic E-state index is -2.64. The molecule has 1 rings (SSSR count). The first kappa shape index (κ1) is 12.4. The van der Waals surface area contributed by atoms with Crippen molar-refractivity contribution in [2.24, 2.45) is 0 Å². The molecular formula is C9H15O3P. The van der Waals surface area contributed by atoms with Crippen LogP contribution in [-0.4, -0.2) is 11.5 Å². The molecule has 0 aliphatic carbocycles. The van der Waals surface area contributed by atoms with Crippen molar-refractivity contribution >= 4 is 8.25 Å². The fraction of sp³-hybridized carbons (Fsp3) is 0.333. The molecule has 1 aromatic rings. The molecular weight excluding hydrogens is 187 g/mol. The Morgan fingerprint density at radius 1 is 1.38 bits per heavy atom. The molecule has 13 heavy (non-hydrogen) atoms. The Balaban J connectivity index is 0.000000226. The van der Waals surface area contributed by atoms with Crippen LogP contribution >= 0.6 is 8.25 Å². The van der Waals surface area contributed by atoms with E-state index in [0.29, 0.717) is 6.61 Å². The molecule has 0 aromatic heterocycles. The van der Waals surface area contributed by atoms with Crippen molar-refractivity contribution in [3.05, 3.63) is 35.9 Å². The second kappa shape index (κ2) is 7.99. The molecule has 0 aliphatic rings. The Bertz CT molecular complexity index is 236. The fourth-order valence-electron chi connectivity index (χ4n) is 0.658. The summed E-state index contributed by atoms with van der Waals surface area (Å²) in [6.07, 6.45) is 0. The second-order valence-electron chi connectivity index (χ2n) is 2.35. The highest BCUT2D eigenvalue weighted by Crippen LogP contribution is 2.12. The Labute approximate surface area is 79.3 Å². The van der Waals surface area contributed by atoms with Crippen LogP contribution in [0.5, 0.6) is 0 Å². The predicted octanol–water partition coefficient (Wildman–Crippen LogP) is 2.40. The third-order valence-electron chi connectivity index (χ3n) is 1.21. The van der Waals surface area contributed by atoms with Gasteiger partial charge in [0.05, 0.1) is 6.61 Å². The Hall–Kier alpha value is -0.630. The number of hydrogen-bond acceptors (Lipinski definition) is 2. The number of hydrogen-bond donors (Lipinski definition) is 1. The van der Waals surface area contributed by atoms with E-state index in [9.17, 15) is 4.57 Å². The van der Waals surface area contributed by atoms with Gasteiger partial charge in [-0.3, -0.25) is 4.57 Å².